The number of ketones is 1. The third-order valence-corrected chi connectivity index (χ3v) is 3.40. The maximum atomic E-state index is 12.1. The Kier molecular flexibility index (Phi) is 3.25. The van der Waals surface area contributed by atoms with Crippen molar-refractivity contribution < 1.29 is 24.2 Å². The zero-order chi connectivity index (χ0) is 13.3. The molecule has 2 unspecified atom stereocenters. The van der Waals surface area contributed by atoms with Crippen molar-refractivity contribution in [2.24, 2.45) is 5.92 Å². The predicted molar refractivity (Wildman–Crippen MR) is 60.0 cm³/mol. The van der Waals surface area contributed by atoms with E-state index in [-0.39, 0.29) is 24.0 Å². The second-order valence-corrected chi connectivity index (χ2v) is 4.90. The highest BCUT2D eigenvalue weighted by molar-refractivity contribution is 5.96. The molecule has 7 nitrogen and oxygen atoms in total. The molecule has 3 N–H and O–H groups in total. The normalized spacial score (nSPS) is 31.6. The van der Waals surface area contributed by atoms with Crippen molar-refractivity contribution in [3.63, 3.8) is 0 Å². The summed E-state index contributed by atoms with van der Waals surface area (Å²) in [6.07, 6.45) is -0.451. The van der Waals surface area contributed by atoms with Gasteiger partial charge in [-0.15, -0.1) is 0 Å². The molecule has 0 aliphatic carbocycles. The summed E-state index contributed by atoms with van der Waals surface area (Å²) < 4.78 is 5.03. The molecule has 0 aromatic carbocycles. The summed E-state index contributed by atoms with van der Waals surface area (Å²) in [6, 6.07) is -0.885. The van der Waals surface area contributed by atoms with Gasteiger partial charge >= 0.3 is 6.09 Å². The largest absolute Gasteiger partial charge is 0.465 e. The number of amides is 2. The molecule has 0 bridgehead atoms. The van der Waals surface area contributed by atoms with Crippen molar-refractivity contribution >= 4 is 17.8 Å². The van der Waals surface area contributed by atoms with Gasteiger partial charge in [0.05, 0.1) is 12.6 Å². The number of carbonyl (C=O) groups excluding carboxylic acids is 2. The Hall–Kier alpha value is -1.63. The van der Waals surface area contributed by atoms with E-state index in [4.69, 9.17) is 9.84 Å². The van der Waals surface area contributed by atoms with Gasteiger partial charge in [0.15, 0.2) is 5.78 Å². The van der Waals surface area contributed by atoms with Gasteiger partial charge < -0.3 is 20.5 Å². The van der Waals surface area contributed by atoms with Crippen LogP contribution in [0.5, 0.6) is 0 Å². The lowest BCUT2D eigenvalue weighted by atomic mass is 9.91. The van der Waals surface area contributed by atoms with Crippen LogP contribution in [0.2, 0.25) is 0 Å². The molecule has 3 atom stereocenters. The van der Waals surface area contributed by atoms with Gasteiger partial charge in [-0.25, -0.2) is 4.79 Å². The number of nitrogens with one attached hydrogen (secondary N) is 2. The highest BCUT2D eigenvalue weighted by Gasteiger charge is 2.50. The predicted octanol–water partition coefficient (Wildman–Crippen LogP) is -0.493. The standard InChI is InChI=1S/C11H16N2O5/c1-11(5-18-11)8(14)7(13-10(16)17)4-6-2-3-12-9(6)15/h6-7,13H,2-5H2,1H3,(H,12,15)(H,16,17)/t6?,7?,11-/m1/s1. The van der Waals surface area contributed by atoms with Gasteiger partial charge in [0.1, 0.15) is 5.60 Å². The Labute approximate surface area is 104 Å². The highest BCUT2D eigenvalue weighted by atomic mass is 16.6. The summed E-state index contributed by atoms with van der Waals surface area (Å²) in [5.41, 5.74) is -0.887. The van der Waals surface area contributed by atoms with E-state index < -0.39 is 17.7 Å². The number of carboxylic acid groups (broad SMARTS) is 1. The van der Waals surface area contributed by atoms with E-state index in [2.05, 4.69) is 10.6 Å². The molecule has 7 heteroatoms. The molecular weight excluding hydrogens is 240 g/mol. The summed E-state index contributed by atoms with van der Waals surface area (Å²) in [7, 11) is 0. The van der Waals surface area contributed by atoms with E-state index in [1.165, 1.54) is 0 Å². The monoisotopic (exact) mass is 256 g/mol. The second-order valence-electron chi connectivity index (χ2n) is 4.90. The first-order chi connectivity index (χ1) is 8.42. The van der Waals surface area contributed by atoms with Crippen molar-refractivity contribution in [1.82, 2.24) is 10.6 Å². The van der Waals surface area contributed by atoms with Crippen LogP contribution in [0.3, 0.4) is 0 Å². The van der Waals surface area contributed by atoms with Crippen LogP contribution in [-0.4, -0.2) is 47.7 Å². The van der Waals surface area contributed by atoms with Gasteiger partial charge in [0.2, 0.25) is 5.91 Å². The van der Waals surface area contributed by atoms with Crippen LogP contribution in [0.25, 0.3) is 0 Å². The number of rotatable bonds is 5. The third kappa shape index (κ3) is 2.61. The molecule has 0 aromatic heterocycles. The number of epoxide rings is 1. The summed E-state index contributed by atoms with van der Waals surface area (Å²) >= 11 is 0. The van der Waals surface area contributed by atoms with E-state index >= 15 is 0 Å². The molecule has 100 valence electrons. The van der Waals surface area contributed by atoms with E-state index in [1.807, 2.05) is 0 Å². The van der Waals surface area contributed by atoms with E-state index in [0.717, 1.165) is 0 Å². The fourth-order valence-corrected chi connectivity index (χ4v) is 2.15. The maximum absolute atomic E-state index is 12.1. The minimum absolute atomic E-state index is 0.123. The molecule has 2 heterocycles. The Morgan fingerprint density at radius 2 is 2.33 bits per heavy atom. The Bertz CT molecular complexity index is 391. The van der Waals surface area contributed by atoms with Crippen molar-refractivity contribution in [2.75, 3.05) is 13.2 Å². The van der Waals surface area contributed by atoms with E-state index in [0.29, 0.717) is 19.6 Å². The lowest BCUT2D eigenvalue weighted by Crippen LogP contribution is -2.47. The molecule has 0 spiro atoms. The fraction of sp³-hybridized carbons (Fsp3) is 0.727. The van der Waals surface area contributed by atoms with Gasteiger partial charge in [0.25, 0.3) is 0 Å². The molecule has 2 saturated heterocycles. The number of ether oxygens (including phenoxy) is 1. The molecular formula is C11H16N2O5. The van der Waals surface area contributed by atoms with Crippen LogP contribution >= 0.6 is 0 Å². The average Bonchev–Trinajstić information content (AvgIpc) is 2.92. The van der Waals surface area contributed by atoms with Crippen molar-refractivity contribution in [3.05, 3.63) is 0 Å². The minimum Gasteiger partial charge on any atom is -0.465 e. The molecule has 2 aliphatic rings. The van der Waals surface area contributed by atoms with Crippen molar-refractivity contribution in [1.29, 1.82) is 0 Å². The molecule has 0 radical (unpaired) electrons. The summed E-state index contributed by atoms with van der Waals surface area (Å²) in [5, 5.41) is 13.6. The topological polar surface area (TPSA) is 108 Å². The van der Waals surface area contributed by atoms with Gasteiger partial charge in [-0.3, -0.25) is 9.59 Å². The van der Waals surface area contributed by atoms with Crippen LogP contribution in [-0.2, 0) is 14.3 Å². The van der Waals surface area contributed by atoms with Gasteiger partial charge in [-0.1, -0.05) is 0 Å². The molecule has 2 fully saturated rings. The Morgan fingerprint density at radius 3 is 2.78 bits per heavy atom. The Balaban J connectivity index is 2.02. The number of hydrogen-bond donors (Lipinski definition) is 3. The van der Waals surface area contributed by atoms with Crippen LogP contribution in [0.1, 0.15) is 19.8 Å². The maximum Gasteiger partial charge on any atom is 0.405 e. The second kappa shape index (κ2) is 4.56. The molecule has 2 rings (SSSR count). The molecule has 2 amide bonds. The summed E-state index contributed by atoms with van der Waals surface area (Å²) in [5.74, 6) is -0.736. The average molecular weight is 256 g/mol. The molecule has 2 aliphatic heterocycles. The van der Waals surface area contributed by atoms with Crippen LogP contribution in [0.15, 0.2) is 0 Å². The Morgan fingerprint density at radius 1 is 1.67 bits per heavy atom. The first kappa shape index (κ1) is 12.8. The van der Waals surface area contributed by atoms with Crippen LogP contribution in [0.4, 0.5) is 4.79 Å². The quantitative estimate of drug-likeness (QED) is 0.575. The first-order valence-electron chi connectivity index (χ1n) is 5.88. The van der Waals surface area contributed by atoms with Crippen molar-refractivity contribution in [2.45, 2.75) is 31.4 Å². The SMILES string of the molecule is C[C@]1(C(=O)C(CC2CCNC2=O)NC(=O)O)CO1. The highest BCUT2D eigenvalue weighted by Crippen LogP contribution is 2.30. The first-order valence-corrected chi connectivity index (χ1v) is 5.88. The number of Topliss-reactive ketones (excluding diaryl/α,β-unsaturated/α-hetero) is 1. The zero-order valence-electron chi connectivity index (χ0n) is 10.1. The summed E-state index contributed by atoms with van der Waals surface area (Å²) in [4.78, 5) is 34.2. The minimum atomic E-state index is -1.27. The molecule has 18 heavy (non-hydrogen) atoms. The lowest BCUT2D eigenvalue weighted by molar-refractivity contribution is -0.127. The fourth-order valence-electron chi connectivity index (χ4n) is 2.15. The van der Waals surface area contributed by atoms with Gasteiger partial charge in [-0.05, 0) is 19.8 Å². The zero-order valence-corrected chi connectivity index (χ0v) is 10.1. The molecule has 0 aromatic rings. The number of hydrogen-bond acceptors (Lipinski definition) is 4. The van der Waals surface area contributed by atoms with Crippen molar-refractivity contribution in [3.8, 4) is 0 Å². The number of carbonyl (C=O) groups is 3. The van der Waals surface area contributed by atoms with E-state index in [1.54, 1.807) is 6.92 Å². The lowest BCUT2D eigenvalue weighted by Gasteiger charge is -2.19. The van der Waals surface area contributed by atoms with E-state index in [9.17, 15) is 14.4 Å². The van der Waals surface area contributed by atoms with Gasteiger partial charge in [0, 0.05) is 12.5 Å². The molecule has 0 saturated carbocycles. The van der Waals surface area contributed by atoms with Crippen LogP contribution in [0, 0.1) is 5.92 Å². The summed E-state index contributed by atoms with van der Waals surface area (Å²) in [6.45, 7) is 2.51. The third-order valence-electron chi connectivity index (χ3n) is 3.40. The van der Waals surface area contributed by atoms with Gasteiger partial charge in [-0.2, -0.15) is 0 Å². The van der Waals surface area contributed by atoms with Crippen LogP contribution < -0.4 is 10.6 Å². The smallest absolute Gasteiger partial charge is 0.405 e.